The van der Waals surface area contributed by atoms with E-state index in [0.29, 0.717) is 0 Å². The van der Waals surface area contributed by atoms with Gasteiger partial charge in [-0.2, -0.15) is 0 Å². The van der Waals surface area contributed by atoms with Gasteiger partial charge in [-0.25, -0.2) is 4.98 Å². The SMILES string of the molecule is c1ccc(Cc2csc(CC3CCNCC3)n2)cc1. The third-order valence-electron chi connectivity index (χ3n) is 3.75. The van der Waals surface area contributed by atoms with Crippen molar-refractivity contribution in [2.75, 3.05) is 13.1 Å². The van der Waals surface area contributed by atoms with Crippen LogP contribution >= 0.6 is 11.3 Å². The Bertz CT molecular complexity index is 500. The van der Waals surface area contributed by atoms with Gasteiger partial charge >= 0.3 is 0 Å². The summed E-state index contributed by atoms with van der Waals surface area (Å²) in [7, 11) is 0. The van der Waals surface area contributed by atoms with Gasteiger partial charge in [-0.1, -0.05) is 30.3 Å². The van der Waals surface area contributed by atoms with Crippen LogP contribution in [0.3, 0.4) is 0 Å². The summed E-state index contributed by atoms with van der Waals surface area (Å²) >= 11 is 1.83. The van der Waals surface area contributed by atoms with Crippen molar-refractivity contribution in [2.24, 2.45) is 5.92 Å². The van der Waals surface area contributed by atoms with Crippen LogP contribution in [-0.2, 0) is 12.8 Å². The molecule has 0 spiro atoms. The first kappa shape index (κ1) is 12.8. The van der Waals surface area contributed by atoms with Crippen LogP contribution < -0.4 is 5.32 Å². The third kappa shape index (κ3) is 3.64. The number of hydrogen-bond acceptors (Lipinski definition) is 3. The minimum atomic E-state index is 0.831. The van der Waals surface area contributed by atoms with Crippen LogP contribution in [0.5, 0.6) is 0 Å². The van der Waals surface area contributed by atoms with E-state index < -0.39 is 0 Å². The third-order valence-corrected chi connectivity index (χ3v) is 4.67. The van der Waals surface area contributed by atoms with Gasteiger partial charge in [0.2, 0.25) is 0 Å². The van der Waals surface area contributed by atoms with Crippen molar-refractivity contribution in [3.63, 3.8) is 0 Å². The average molecular weight is 272 g/mol. The lowest BCUT2D eigenvalue weighted by atomic mass is 9.95. The lowest BCUT2D eigenvalue weighted by molar-refractivity contribution is 0.372. The molecule has 2 aromatic rings. The largest absolute Gasteiger partial charge is 0.317 e. The molecule has 0 unspecified atom stereocenters. The maximum Gasteiger partial charge on any atom is 0.0931 e. The van der Waals surface area contributed by atoms with Crippen LogP contribution in [0.1, 0.15) is 29.1 Å². The number of rotatable bonds is 4. The first-order chi connectivity index (χ1) is 9.40. The second-order valence-corrected chi connectivity index (χ2v) is 6.24. The summed E-state index contributed by atoms with van der Waals surface area (Å²) in [5.41, 5.74) is 2.57. The lowest BCUT2D eigenvalue weighted by Gasteiger charge is -2.21. The fourth-order valence-corrected chi connectivity index (χ4v) is 3.57. The van der Waals surface area contributed by atoms with E-state index in [2.05, 4.69) is 41.0 Å². The Morgan fingerprint density at radius 2 is 1.95 bits per heavy atom. The Morgan fingerprint density at radius 3 is 2.74 bits per heavy atom. The van der Waals surface area contributed by atoms with Gasteiger partial charge in [0.15, 0.2) is 0 Å². The zero-order valence-corrected chi connectivity index (χ0v) is 12.0. The van der Waals surface area contributed by atoms with Crippen molar-refractivity contribution in [1.29, 1.82) is 0 Å². The molecule has 1 fully saturated rings. The Kier molecular flexibility index (Phi) is 4.26. The smallest absolute Gasteiger partial charge is 0.0931 e. The second-order valence-electron chi connectivity index (χ2n) is 5.29. The van der Waals surface area contributed by atoms with Gasteiger partial charge in [0.25, 0.3) is 0 Å². The van der Waals surface area contributed by atoms with E-state index in [9.17, 15) is 0 Å². The molecule has 3 rings (SSSR count). The van der Waals surface area contributed by atoms with Crippen LogP contribution in [-0.4, -0.2) is 18.1 Å². The van der Waals surface area contributed by atoms with E-state index in [1.54, 1.807) is 0 Å². The highest BCUT2D eigenvalue weighted by Gasteiger charge is 2.15. The summed E-state index contributed by atoms with van der Waals surface area (Å²) in [4.78, 5) is 4.80. The molecular weight excluding hydrogens is 252 g/mol. The van der Waals surface area contributed by atoms with Crippen LogP contribution in [0, 0.1) is 5.92 Å². The first-order valence-electron chi connectivity index (χ1n) is 7.08. The zero-order valence-electron chi connectivity index (χ0n) is 11.1. The monoisotopic (exact) mass is 272 g/mol. The van der Waals surface area contributed by atoms with Crippen molar-refractivity contribution < 1.29 is 0 Å². The van der Waals surface area contributed by atoms with Gasteiger partial charge in [-0.15, -0.1) is 11.3 Å². The number of aromatic nitrogens is 1. The molecule has 1 aromatic heterocycles. The quantitative estimate of drug-likeness (QED) is 0.924. The maximum atomic E-state index is 4.80. The molecule has 19 heavy (non-hydrogen) atoms. The predicted octanol–water partition coefficient (Wildman–Crippen LogP) is 3.28. The Hall–Kier alpha value is -1.19. The summed E-state index contributed by atoms with van der Waals surface area (Å²) in [5, 5.41) is 6.96. The first-order valence-corrected chi connectivity index (χ1v) is 7.96. The highest BCUT2D eigenvalue weighted by molar-refractivity contribution is 7.09. The van der Waals surface area contributed by atoms with Crippen molar-refractivity contribution in [1.82, 2.24) is 10.3 Å². The summed E-state index contributed by atoms with van der Waals surface area (Å²) in [6.45, 7) is 2.35. The van der Waals surface area contributed by atoms with Crippen LogP contribution in [0.25, 0.3) is 0 Å². The molecule has 0 amide bonds. The number of thiazole rings is 1. The van der Waals surface area contributed by atoms with Crippen LogP contribution in [0.15, 0.2) is 35.7 Å². The molecule has 3 heteroatoms. The molecule has 1 aliphatic heterocycles. The predicted molar refractivity (Wildman–Crippen MR) is 80.7 cm³/mol. The van der Waals surface area contributed by atoms with Crippen molar-refractivity contribution >= 4 is 11.3 Å². The molecular formula is C16H20N2S. The van der Waals surface area contributed by atoms with Crippen molar-refractivity contribution in [3.05, 3.63) is 52.0 Å². The molecule has 0 atom stereocenters. The summed E-state index contributed by atoms with van der Waals surface area (Å²) < 4.78 is 0. The normalized spacial score (nSPS) is 16.6. The Labute approximate surface area is 118 Å². The van der Waals surface area contributed by atoms with Gasteiger partial charge in [-0.05, 0) is 37.4 Å². The molecule has 1 saturated heterocycles. The molecule has 0 radical (unpaired) electrons. The summed E-state index contributed by atoms with van der Waals surface area (Å²) in [6, 6.07) is 10.6. The Balaban J connectivity index is 1.59. The molecule has 2 heterocycles. The van der Waals surface area contributed by atoms with Gasteiger partial charge < -0.3 is 5.32 Å². The lowest BCUT2D eigenvalue weighted by Crippen LogP contribution is -2.28. The summed E-state index contributed by atoms with van der Waals surface area (Å²) in [6.07, 6.45) is 4.73. The Morgan fingerprint density at radius 1 is 1.16 bits per heavy atom. The second kappa shape index (κ2) is 6.31. The fraction of sp³-hybridized carbons (Fsp3) is 0.438. The molecule has 100 valence electrons. The minimum absolute atomic E-state index is 0.831. The summed E-state index contributed by atoms with van der Waals surface area (Å²) in [5.74, 6) is 0.831. The van der Waals surface area contributed by atoms with Gasteiger partial charge in [0, 0.05) is 18.2 Å². The molecule has 0 bridgehead atoms. The van der Waals surface area contributed by atoms with E-state index >= 15 is 0 Å². The number of benzene rings is 1. The van der Waals surface area contributed by atoms with Crippen LogP contribution in [0.2, 0.25) is 0 Å². The zero-order chi connectivity index (χ0) is 12.9. The average Bonchev–Trinajstić information content (AvgIpc) is 2.88. The molecule has 0 aliphatic carbocycles. The standard InChI is InChI=1S/C16H20N2S/c1-2-4-13(5-3-1)10-15-12-19-16(18-15)11-14-6-8-17-9-7-14/h1-5,12,14,17H,6-11H2. The topological polar surface area (TPSA) is 24.9 Å². The van der Waals surface area contributed by atoms with Crippen molar-refractivity contribution in [3.8, 4) is 0 Å². The molecule has 2 nitrogen and oxygen atoms in total. The number of hydrogen-bond donors (Lipinski definition) is 1. The molecule has 1 aromatic carbocycles. The van der Waals surface area contributed by atoms with E-state index in [0.717, 1.165) is 12.3 Å². The van der Waals surface area contributed by atoms with Gasteiger partial charge in [0.05, 0.1) is 10.7 Å². The van der Waals surface area contributed by atoms with E-state index in [1.165, 1.54) is 48.6 Å². The van der Waals surface area contributed by atoms with Gasteiger partial charge in [0.1, 0.15) is 0 Å². The highest BCUT2D eigenvalue weighted by Crippen LogP contribution is 2.21. The molecule has 1 N–H and O–H groups in total. The van der Waals surface area contributed by atoms with E-state index in [-0.39, 0.29) is 0 Å². The molecule has 1 aliphatic rings. The van der Waals surface area contributed by atoms with E-state index in [1.807, 2.05) is 11.3 Å². The maximum absolute atomic E-state index is 4.80. The fourth-order valence-electron chi connectivity index (χ4n) is 2.66. The van der Waals surface area contributed by atoms with Crippen molar-refractivity contribution in [2.45, 2.75) is 25.7 Å². The highest BCUT2D eigenvalue weighted by atomic mass is 32.1. The number of piperidine rings is 1. The number of nitrogens with zero attached hydrogens (tertiary/aromatic N) is 1. The minimum Gasteiger partial charge on any atom is -0.317 e. The van der Waals surface area contributed by atoms with E-state index in [4.69, 9.17) is 4.98 Å². The van der Waals surface area contributed by atoms with Gasteiger partial charge in [-0.3, -0.25) is 0 Å². The number of nitrogens with one attached hydrogen (secondary N) is 1. The molecule has 0 saturated carbocycles. The van der Waals surface area contributed by atoms with Crippen LogP contribution in [0.4, 0.5) is 0 Å².